The van der Waals surface area contributed by atoms with Crippen LogP contribution >= 0.6 is 0 Å². The number of hydrogen-bond acceptors (Lipinski definition) is 4. The molecule has 3 rings (SSSR count). The number of nitrogens with one attached hydrogen (secondary N) is 1. The van der Waals surface area contributed by atoms with E-state index in [9.17, 15) is 4.79 Å². The first kappa shape index (κ1) is 15.5. The molecule has 2 aromatic rings. The van der Waals surface area contributed by atoms with E-state index in [1.807, 2.05) is 42.5 Å². The van der Waals surface area contributed by atoms with Gasteiger partial charge in [-0.25, -0.2) is 0 Å². The summed E-state index contributed by atoms with van der Waals surface area (Å²) in [5.74, 6) is 0.528. The SMILES string of the molecule is NC(C(=O)Nc1ccc(OC2CCOC2)cc1)c1ccccc1. The zero-order valence-corrected chi connectivity index (χ0v) is 12.8. The van der Waals surface area contributed by atoms with Crippen LogP contribution in [0.25, 0.3) is 0 Å². The molecule has 3 N–H and O–H groups in total. The van der Waals surface area contributed by atoms with Crippen molar-refractivity contribution in [3.8, 4) is 5.75 Å². The first-order valence-electron chi connectivity index (χ1n) is 7.68. The first-order valence-corrected chi connectivity index (χ1v) is 7.68. The third-order valence-corrected chi connectivity index (χ3v) is 3.75. The van der Waals surface area contributed by atoms with Gasteiger partial charge in [0.25, 0.3) is 0 Å². The number of carbonyl (C=O) groups excluding carboxylic acids is 1. The summed E-state index contributed by atoms with van der Waals surface area (Å²) in [6, 6.07) is 15.9. The Morgan fingerprint density at radius 3 is 2.57 bits per heavy atom. The Labute approximate surface area is 135 Å². The molecule has 5 heteroatoms. The van der Waals surface area contributed by atoms with Crippen molar-refractivity contribution < 1.29 is 14.3 Å². The summed E-state index contributed by atoms with van der Waals surface area (Å²) in [6.45, 7) is 1.38. The Morgan fingerprint density at radius 1 is 1.17 bits per heavy atom. The van der Waals surface area contributed by atoms with E-state index in [-0.39, 0.29) is 12.0 Å². The van der Waals surface area contributed by atoms with E-state index in [4.69, 9.17) is 15.2 Å². The van der Waals surface area contributed by atoms with E-state index in [1.54, 1.807) is 12.1 Å². The van der Waals surface area contributed by atoms with Crippen molar-refractivity contribution in [2.75, 3.05) is 18.5 Å². The topological polar surface area (TPSA) is 73.6 Å². The Balaban J connectivity index is 1.58. The number of benzene rings is 2. The minimum Gasteiger partial charge on any atom is -0.488 e. The van der Waals surface area contributed by atoms with Crippen LogP contribution in [0.1, 0.15) is 18.0 Å². The van der Waals surface area contributed by atoms with Crippen LogP contribution in [-0.4, -0.2) is 25.2 Å². The smallest absolute Gasteiger partial charge is 0.245 e. The summed E-state index contributed by atoms with van der Waals surface area (Å²) >= 11 is 0. The van der Waals surface area contributed by atoms with Gasteiger partial charge in [-0.1, -0.05) is 30.3 Å². The van der Waals surface area contributed by atoms with Gasteiger partial charge in [-0.2, -0.15) is 0 Å². The minimum atomic E-state index is -0.692. The lowest BCUT2D eigenvalue weighted by molar-refractivity contribution is -0.117. The maximum Gasteiger partial charge on any atom is 0.245 e. The summed E-state index contributed by atoms with van der Waals surface area (Å²) in [4.78, 5) is 12.2. The fraction of sp³-hybridized carbons (Fsp3) is 0.278. The standard InChI is InChI=1S/C18H20N2O3/c19-17(13-4-2-1-3-5-13)18(21)20-14-6-8-15(9-7-14)23-16-10-11-22-12-16/h1-9,16-17H,10-12,19H2,(H,20,21). The van der Waals surface area contributed by atoms with Gasteiger partial charge in [0, 0.05) is 12.1 Å². The normalized spacial score (nSPS) is 18.4. The van der Waals surface area contributed by atoms with Crippen LogP contribution in [0.2, 0.25) is 0 Å². The van der Waals surface area contributed by atoms with Crippen molar-refractivity contribution >= 4 is 11.6 Å². The molecule has 2 unspecified atom stereocenters. The minimum absolute atomic E-state index is 0.113. The number of hydrogen-bond donors (Lipinski definition) is 2. The Hall–Kier alpha value is -2.37. The third-order valence-electron chi connectivity index (χ3n) is 3.75. The van der Waals surface area contributed by atoms with Crippen LogP contribution in [0.3, 0.4) is 0 Å². The highest BCUT2D eigenvalue weighted by Gasteiger charge is 2.18. The van der Waals surface area contributed by atoms with Gasteiger partial charge in [0.15, 0.2) is 0 Å². The van der Waals surface area contributed by atoms with E-state index in [0.717, 1.165) is 24.3 Å². The predicted octanol–water partition coefficient (Wildman–Crippen LogP) is 2.49. The molecule has 1 aliphatic rings. The van der Waals surface area contributed by atoms with E-state index < -0.39 is 6.04 Å². The number of rotatable bonds is 5. The van der Waals surface area contributed by atoms with E-state index in [0.29, 0.717) is 12.3 Å². The van der Waals surface area contributed by atoms with E-state index in [1.165, 1.54) is 0 Å². The van der Waals surface area contributed by atoms with Crippen molar-refractivity contribution in [3.63, 3.8) is 0 Å². The van der Waals surface area contributed by atoms with Gasteiger partial charge in [0.2, 0.25) is 5.91 Å². The number of anilines is 1. The maximum atomic E-state index is 12.2. The first-order chi connectivity index (χ1) is 11.2. The summed E-state index contributed by atoms with van der Waals surface area (Å²) in [5.41, 5.74) is 7.45. The second-order valence-electron chi connectivity index (χ2n) is 5.51. The molecule has 120 valence electrons. The zero-order chi connectivity index (χ0) is 16.1. The van der Waals surface area contributed by atoms with Gasteiger partial charge in [-0.05, 0) is 29.8 Å². The lowest BCUT2D eigenvalue weighted by Gasteiger charge is -2.14. The van der Waals surface area contributed by atoms with Crippen molar-refractivity contribution in [1.29, 1.82) is 0 Å². The third kappa shape index (κ3) is 4.09. The molecule has 0 saturated carbocycles. The molecular weight excluding hydrogens is 292 g/mol. The summed E-state index contributed by atoms with van der Waals surface area (Å²) in [5, 5.41) is 2.82. The van der Waals surface area contributed by atoms with Crippen molar-refractivity contribution in [2.24, 2.45) is 5.73 Å². The number of carbonyl (C=O) groups is 1. The van der Waals surface area contributed by atoms with Crippen molar-refractivity contribution in [2.45, 2.75) is 18.6 Å². The Bertz CT molecular complexity index is 637. The van der Waals surface area contributed by atoms with Crippen LogP contribution in [0, 0.1) is 0 Å². The zero-order valence-electron chi connectivity index (χ0n) is 12.8. The van der Waals surface area contributed by atoms with Gasteiger partial charge in [0.1, 0.15) is 17.9 Å². The molecule has 2 aromatic carbocycles. The largest absolute Gasteiger partial charge is 0.488 e. The number of amides is 1. The fourth-order valence-corrected chi connectivity index (χ4v) is 2.45. The van der Waals surface area contributed by atoms with Gasteiger partial charge in [0.05, 0.1) is 13.2 Å². The fourth-order valence-electron chi connectivity index (χ4n) is 2.45. The highest BCUT2D eigenvalue weighted by molar-refractivity contribution is 5.95. The van der Waals surface area contributed by atoms with Gasteiger partial charge in [-0.15, -0.1) is 0 Å². The second kappa shape index (κ2) is 7.26. The Kier molecular flexibility index (Phi) is 4.90. The molecule has 0 bridgehead atoms. The van der Waals surface area contributed by atoms with Crippen molar-refractivity contribution in [3.05, 3.63) is 60.2 Å². The monoisotopic (exact) mass is 312 g/mol. The summed E-state index contributed by atoms with van der Waals surface area (Å²) in [6.07, 6.45) is 1.02. The van der Waals surface area contributed by atoms with Gasteiger partial charge >= 0.3 is 0 Å². The van der Waals surface area contributed by atoms with E-state index >= 15 is 0 Å². The van der Waals surface area contributed by atoms with Gasteiger partial charge in [-0.3, -0.25) is 4.79 Å². The molecule has 1 saturated heterocycles. The average Bonchev–Trinajstić information content (AvgIpc) is 3.10. The number of ether oxygens (including phenoxy) is 2. The molecule has 1 aliphatic heterocycles. The molecule has 2 atom stereocenters. The predicted molar refractivity (Wildman–Crippen MR) is 88.3 cm³/mol. The van der Waals surface area contributed by atoms with Crippen LogP contribution in [-0.2, 0) is 9.53 Å². The summed E-state index contributed by atoms with van der Waals surface area (Å²) < 4.78 is 11.1. The van der Waals surface area contributed by atoms with Crippen LogP contribution in [0.4, 0.5) is 5.69 Å². The molecule has 1 heterocycles. The molecule has 1 fully saturated rings. The molecule has 5 nitrogen and oxygen atoms in total. The van der Waals surface area contributed by atoms with Crippen LogP contribution < -0.4 is 15.8 Å². The molecule has 0 spiro atoms. The highest BCUT2D eigenvalue weighted by Crippen LogP contribution is 2.20. The summed E-state index contributed by atoms with van der Waals surface area (Å²) in [7, 11) is 0. The molecular formula is C18H20N2O3. The molecule has 23 heavy (non-hydrogen) atoms. The Morgan fingerprint density at radius 2 is 1.91 bits per heavy atom. The average molecular weight is 312 g/mol. The maximum absolute atomic E-state index is 12.2. The second-order valence-corrected chi connectivity index (χ2v) is 5.51. The lowest BCUT2D eigenvalue weighted by Crippen LogP contribution is -2.27. The van der Waals surface area contributed by atoms with Crippen LogP contribution in [0.5, 0.6) is 5.75 Å². The number of nitrogens with two attached hydrogens (primary N) is 1. The highest BCUT2D eigenvalue weighted by atomic mass is 16.5. The van der Waals surface area contributed by atoms with Gasteiger partial charge < -0.3 is 20.5 Å². The molecule has 0 radical (unpaired) electrons. The van der Waals surface area contributed by atoms with Crippen LogP contribution in [0.15, 0.2) is 54.6 Å². The van der Waals surface area contributed by atoms with Crippen molar-refractivity contribution in [1.82, 2.24) is 0 Å². The molecule has 0 aromatic heterocycles. The lowest BCUT2D eigenvalue weighted by atomic mass is 10.1. The van der Waals surface area contributed by atoms with E-state index in [2.05, 4.69) is 5.32 Å². The quantitative estimate of drug-likeness (QED) is 0.889. The molecule has 0 aliphatic carbocycles. The molecule has 1 amide bonds.